The summed E-state index contributed by atoms with van der Waals surface area (Å²) in [7, 11) is 0. The lowest BCUT2D eigenvalue weighted by molar-refractivity contribution is -0.121. The van der Waals surface area contributed by atoms with Gasteiger partial charge in [-0.3, -0.25) is 9.59 Å². The standard InChI is InChI=1S/C19H28N4O2/c1-13(2)19(6,12-20)22-16(24)11-21-15-9-7-14(8-10-15)17(25)23-18(3,4)5/h7-10,13,21H,11H2,1-6H3,(H,22,24)(H,23,25)/t19-/m0/s1. The van der Waals surface area contributed by atoms with E-state index in [1.165, 1.54) is 0 Å². The van der Waals surface area contributed by atoms with E-state index in [9.17, 15) is 14.9 Å². The highest BCUT2D eigenvalue weighted by Gasteiger charge is 2.29. The van der Waals surface area contributed by atoms with E-state index in [-0.39, 0.29) is 29.8 Å². The first-order chi connectivity index (χ1) is 11.5. The number of carbonyl (C=O) groups excluding carboxylic acids is 2. The third-order valence-corrected chi connectivity index (χ3v) is 3.87. The van der Waals surface area contributed by atoms with Crippen molar-refractivity contribution in [2.45, 2.75) is 52.6 Å². The Hall–Kier alpha value is -2.55. The van der Waals surface area contributed by atoms with E-state index in [1.54, 1.807) is 31.2 Å². The van der Waals surface area contributed by atoms with Gasteiger partial charge in [-0.2, -0.15) is 5.26 Å². The summed E-state index contributed by atoms with van der Waals surface area (Å²) in [5, 5.41) is 17.9. The van der Waals surface area contributed by atoms with E-state index >= 15 is 0 Å². The van der Waals surface area contributed by atoms with Crippen LogP contribution in [0.5, 0.6) is 0 Å². The van der Waals surface area contributed by atoms with Gasteiger partial charge in [0.2, 0.25) is 5.91 Å². The van der Waals surface area contributed by atoms with Crippen LogP contribution in [0.25, 0.3) is 0 Å². The Kier molecular flexibility index (Phi) is 6.57. The normalized spacial score (nSPS) is 13.5. The molecule has 0 aliphatic heterocycles. The minimum Gasteiger partial charge on any atom is -0.376 e. The van der Waals surface area contributed by atoms with Crippen LogP contribution in [0.4, 0.5) is 5.69 Å². The molecule has 136 valence electrons. The first-order valence-electron chi connectivity index (χ1n) is 8.35. The third kappa shape index (κ3) is 6.46. The van der Waals surface area contributed by atoms with Crippen molar-refractivity contribution in [3.8, 4) is 6.07 Å². The Bertz CT molecular complexity index is 653. The van der Waals surface area contributed by atoms with Crippen LogP contribution in [-0.2, 0) is 4.79 Å². The summed E-state index contributed by atoms with van der Waals surface area (Å²) in [6.45, 7) is 11.3. The van der Waals surface area contributed by atoms with Crippen LogP contribution in [0.3, 0.4) is 0 Å². The summed E-state index contributed by atoms with van der Waals surface area (Å²) < 4.78 is 0. The minimum absolute atomic E-state index is 0.00191. The molecule has 25 heavy (non-hydrogen) atoms. The highest BCUT2D eigenvalue weighted by Crippen LogP contribution is 2.15. The number of nitriles is 1. The Morgan fingerprint density at radius 2 is 1.64 bits per heavy atom. The molecule has 1 atom stereocenters. The van der Waals surface area contributed by atoms with E-state index in [4.69, 9.17) is 0 Å². The number of nitrogens with one attached hydrogen (secondary N) is 3. The van der Waals surface area contributed by atoms with E-state index in [0.29, 0.717) is 5.56 Å². The second-order valence-electron chi connectivity index (χ2n) is 7.65. The SMILES string of the molecule is CC(C)[C@](C)(C#N)NC(=O)CNc1ccc(C(=O)NC(C)(C)C)cc1. The van der Waals surface area contributed by atoms with Crippen molar-refractivity contribution in [2.24, 2.45) is 5.92 Å². The Morgan fingerprint density at radius 1 is 1.08 bits per heavy atom. The fourth-order valence-corrected chi connectivity index (χ4v) is 1.97. The Labute approximate surface area is 150 Å². The molecule has 0 fully saturated rings. The Morgan fingerprint density at radius 3 is 2.08 bits per heavy atom. The van der Waals surface area contributed by atoms with Crippen molar-refractivity contribution in [3.05, 3.63) is 29.8 Å². The molecule has 6 nitrogen and oxygen atoms in total. The molecular formula is C19H28N4O2. The van der Waals surface area contributed by atoms with Crippen LogP contribution in [-0.4, -0.2) is 29.4 Å². The summed E-state index contributed by atoms with van der Waals surface area (Å²) in [5.41, 5.74) is 0.0938. The zero-order valence-corrected chi connectivity index (χ0v) is 15.9. The fraction of sp³-hybridized carbons (Fsp3) is 0.526. The first-order valence-corrected chi connectivity index (χ1v) is 8.35. The maximum atomic E-state index is 12.1. The van der Waals surface area contributed by atoms with Gasteiger partial charge in [-0.15, -0.1) is 0 Å². The molecule has 0 saturated heterocycles. The van der Waals surface area contributed by atoms with Gasteiger partial charge < -0.3 is 16.0 Å². The number of benzene rings is 1. The fourth-order valence-electron chi connectivity index (χ4n) is 1.97. The lowest BCUT2D eigenvalue weighted by Gasteiger charge is -2.27. The number of amides is 2. The van der Waals surface area contributed by atoms with Crippen LogP contribution < -0.4 is 16.0 Å². The summed E-state index contributed by atoms with van der Waals surface area (Å²) in [6, 6.07) is 9.04. The maximum Gasteiger partial charge on any atom is 0.251 e. The van der Waals surface area contributed by atoms with Gasteiger partial charge >= 0.3 is 0 Å². The average Bonchev–Trinajstić information content (AvgIpc) is 2.51. The number of rotatable bonds is 6. The zero-order valence-electron chi connectivity index (χ0n) is 15.9. The van der Waals surface area contributed by atoms with Crippen molar-refractivity contribution in [2.75, 3.05) is 11.9 Å². The molecular weight excluding hydrogens is 316 g/mol. The molecule has 3 N–H and O–H groups in total. The molecule has 1 aromatic carbocycles. The van der Waals surface area contributed by atoms with Crippen LogP contribution in [0.2, 0.25) is 0 Å². The van der Waals surface area contributed by atoms with E-state index in [2.05, 4.69) is 22.0 Å². The molecule has 0 spiro atoms. The quantitative estimate of drug-likeness (QED) is 0.739. The maximum absolute atomic E-state index is 12.1. The third-order valence-electron chi connectivity index (χ3n) is 3.87. The smallest absolute Gasteiger partial charge is 0.251 e. The number of anilines is 1. The predicted octanol–water partition coefficient (Wildman–Crippen LogP) is 2.68. The van der Waals surface area contributed by atoms with Gasteiger partial charge in [-0.05, 0) is 57.9 Å². The molecule has 0 heterocycles. The average molecular weight is 344 g/mol. The van der Waals surface area contributed by atoms with Crippen LogP contribution >= 0.6 is 0 Å². The van der Waals surface area contributed by atoms with Gasteiger partial charge in [0, 0.05) is 16.8 Å². The van der Waals surface area contributed by atoms with E-state index in [1.807, 2.05) is 34.6 Å². The zero-order chi connectivity index (χ0) is 19.3. The molecule has 0 radical (unpaired) electrons. The second kappa shape index (κ2) is 8.02. The van der Waals surface area contributed by atoms with Gasteiger partial charge in [0.1, 0.15) is 5.54 Å². The van der Waals surface area contributed by atoms with Crippen LogP contribution in [0.1, 0.15) is 51.9 Å². The van der Waals surface area contributed by atoms with Crippen molar-refractivity contribution in [3.63, 3.8) is 0 Å². The molecule has 6 heteroatoms. The molecule has 0 unspecified atom stereocenters. The van der Waals surface area contributed by atoms with Crippen molar-refractivity contribution < 1.29 is 9.59 Å². The summed E-state index contributed by atoms with van der Waals surface area (Å²) in [6.07, 6.45) is 0. The molecule has 0 aliphatic rings. The number of hydrogen-bond donors (Lipinski definition) is 3. The van der Waals surface area contributed by atoms with Crippen molar-refractivity contribution in [1.29, 1.82) is 5.26 Å². The van der Waals surface area contributed by atoms with Gasteiger partial charge in [0.05, 0.1) is 12.6 Å². The molecule has 2 amide bonds. The number of hydrogen-bond acceptors (Lipinski definition) is 4. The van der Waals surface area contributed by atoms with Crippen molar-refractivity contribution >= 4 is 17.5 Å². The summed E-state index contributed by atoms with van der Waals surface area (Å²) in [5.74, 6) is -0.395. The number of carbonyl (C=O) groups is 2. The molecule has 0 aromatic heterocycles. The topological polar surface area (TPSA) is 94.0 Å². The van der Waals surface area contributed by atoms with Gasteiger partial charge in [0.25, 0.3) is 5.91 Å². The van der Waals surface area contributed by atoms with Gasteiger partial charge in [-0.1, -0.05) is 13.8 Å². The van der Waals surface area contributed by atoms with Gasteiger partial charge in [-0.25, -0.2) is 0 Å². The molecule has 1 rings (SSSR count). The monoisotopic (exact) mass is 344 g/mol. The minimum atomic E-state index is -0.895. The van der Waals surface area contributed by atoms with Crippen LogP contribution in [0.15, 0.2) is 24.3 Å². The lowest BCUT2D eigenvalue weighted by atomic mass is 9.90. The largest absolute Gasteiger partial charge is 0.376 e. The lowest BCUT2D eigenvalue weighted by Crippen LogP contribution is -2.50. The predicted molar refractivity (Wildman–Crippen MR) is 99.1 cm³/mol. The molecule has 0 saturated carbocycles. The second-order valence-corrected chi connectivity index (χ2v) is 7.65. The van der Waals surface area contributed by atoms with Gasteiger partial charge in [0.15, 0.2) is 0 Å². The molecule has 1 aromatic rings. The number of nitrogens with zero attached hydrogens (tertiary/aromatic N) is 1. The van der Waals surface area contributed by atoms with E-state index < -0.39 is 5.54 Å². The van der Waals surface area contributed by atoms with Crippen LogP contribution in [0, 0.1) is 17.2 Å². The van der Waals surface area contributed by atoms with E-state index in [0.717, 1.165) is 5.69 Å². The van der Waals surface area contributed by atoms with Crippen molar-refractivity contribution in [1.82, 2.24) is 10.6 Å². The first kappa shape index (κ1) is 20.5. The highest BCUT2D eigenvalue weighted by atomic mass is 16.2. The Balaban J connectivity index is 2.61. The molecule has 0 aliphatic carbocycles. The molecule has 0 bridgehead atoms. The summed E-state index contributed by atoms with van der Waals surface area (Å²) in [4.78, 5) is 24.1. The highest BCUT2D eigenvalue weighted by molar-refractivity contribution is 5.95. The summed E-state index contributed by atoms with van der Waals surface area (Å²) >= 11 is 0.